The summed E-state index contributed by atoms with van der Waals surface area (Å²) in [6.07, 6.45) is 2.22. The average molecular weight is 271 g/mol. The van der Waals surface area contributed by atoms with E-state index in [0.29, 0.717) is 12.3 Å². The quantitative estimate of drug-likeness (QED) is 0.904. The van der Waals surface area contributed by atoms with E-state index < -0.39 is 11.4 Å². The van der Waals surface area contributed by atoms with Gasteiger partial charge in [-0.05, 0) is 24.1 Å². The minimum absolute atomic E-state index is 0.194. The third kappa shape index (κ3) is 1.87. The zero-order valence-corrected chi connectivity index (χ0v) is 10.9. The van der Waals surface area contributed by atoms with E-state index in [2.05, 4.69) is 0 Å². The molecule has 0 spiro atoms. The van der Waals surface area contributed by atoms with E-state index in [1.165, 1.54) is 12.3 Å². The highest BCUT2D eigenvalue weighted by atomic mass is 16.5. The number of fused-ring (bicyclic) bond motifs is 3. The molecule has 1 aliphatic heterocycles. The maximum absolute atomic E-state index is 11.9. The number of benzene rings is 1. The second kappa shape index (κ2) is 4.52. The summed E-state index contributed by atoms with van der Waals surface area (Å²) >= 11 is 0. The largest absolute Gasteiger partial charge is 0.497 e. The lowest BCUT2D eigenvalue weighted by molar-refractivity contribution is 0.0694. The Bertz CT molecular complexity index is 761. The van der Waals surface area contributed by atoms with Crippen LogP contribution in [0, 0.1) is 0 Å². The van der Waals surface area contributed by atoms with Crippen LogP contribution < -0.4 is 10.2 Å². The van der Waals surface area contributed by atoms with Crippen LogP contribution in [0.2, 0.25) is 0 Å². The van der Waals surface area contributed by atoms with E-state index in [9.17, 15) is 9.59 Å². The van der Waals surface area contributed by atoms with Crippen LogP contribution >= 0.6 is 0 Å². The van der Waals surface area contributed by atoms with Crippen molar-refractivity contribution in [1.29, 1.82) is 0 Å². The van der Waals surface area contributed by atoms with Gasteiger partial charge >= 0.3 is 5.97 Å². The van der Waals surface area contributed by atoms with Crippen LogP contribution in [-0.2, 0) is 13.0 Å². The van der Waals surface area contributed by atoms with Crippen molar-refractivity contribution < 1.29 is 14.6 Å². The molecule has 2 aromatic rings. The molecule has 5 nitrogen and oxygen atoms in total. The molecule has 0 unspecified atom stereocenters. The lowest BCUT2D eigenvalue weighted by Gasteiger charge is -2.23. The minimum atomic E-state index is -1.19. The molecule has 0 atom stereocenters. The van der Waals surface area contributed by atoms with Crippen LogP contribution in [0.1, 0.15) is 15.9 Å². The van der Waals surface area contributed by atoms with Crippen LogP contribution in [0.25, 0.3) is 11.3 Å². The second-order valence-corrected chi connectivity index (χ2v) is 4.71. The first-order valence-electron chi connectivity index (χ1n) is 6.25. The molecule has 0 saturated heterocycles. The van der Waals surface area contributed by atoms with Gasteiger partial charge in [0, 0.05) is 24.4 Å². The van der Waals surface area contributed by atoms with Gasteiger partial charge in [0.15, 0.2) is 5.43 Å². The Kier molecular flexibility index (Phi) is 2.82. The fraction of sp³-hybridized carbons (Fsp3) is 0.200. The van der Waals surface area contributed by atoms with Gasteiger partial charge in [-0.1, -0.05) is 6.07 Å². The number of carboxylic acid groups (broad SMARTS) is 1. The molecular weight excluding hydrogens is 258 g/mol. The highest BCUT2D eigenvalue weighted by Crippen LogP contribution is 2.31. The van der Waals surface area contributed by atoms with Crippen molar-refractivity contribution in [2.75, 3.05) is 7.11 Å². The minimum Gasteiger partial charge on any atom is -0.497 e. The molecule has 1 N–H and O–H groups in total. The molecule has 0 fully saturated rings. The topological polar surface area (TPSA) is 68.5 Å². The SMILES string of the molecule is COc1ccc2c(c1)-c1cc(=O)c(C(=O)O)cn1CC2. The molecule has 5 heteroatoms. The standard InChI is InChI=1S/C15H13NO4/c1-20-10-3-2-9-4-5-16-8-12(15(18)19)14(17)7-13(16)11(9)6-10/h2-3,6-8H,4-5H2,1H3,(H,18,19). The average Bonchev–Trinajstić information content (AvgIpc) is 2.45. The highest BCUT2D eigenvalue weighted by molar-refractivity contribution is 5.87. The van der Waals surface area contributed by atoms with Crippen LogP contribution in [0.5, 0.6) is 5.75 Å². The molecule has 1 aromatic carbocycles. The fourth-order valence-corrected chi connectivity index (χ4v) is 2.53. The molecule has 102 valence electrons. The summed E-state index contributed by atoms with van der Waals surface area (Å²) in [6, 6.07) is 7.13. The van der Waals surface area contributed by atoms with Crippen molar-refractivity contribution in [3.8, 4) is 17.0 Å². The molecule has 0 radical (unpaired) electrons. The van der Waals surface area contributed by atoms with Crippen molar-refractivity contribution >= 4 is 5.97 Å². The van der Waals surface area contributed by atoms with E-state index in [0.717, 1.165) is 23.2 Å². The molecule has 0 amide bonds. The number of aromatic carboxylic acids is 1. The Morgan fingerprint density at radius 3 is 2.85 bits per heavy atom. The van der Waals surface area contributed by atoms with E-state index in [1.807, 2.05) is 22.8 Å². The van der Waals surface area contributed by atoms with Gasteiger partial charge < -0.3 is 14.4 Å². The monoisotopic (exact) mass is 271 g/mol. The molecule has 0 saturated carbocycles. The number of carboxylic acids is 1. The van der Waals surface area contributed by atoms with Crippen LogP contribution in [0.4, 0.5) is 0 Å². The summed E-state index contributed by atoms with van der Waals surface area (Å²) in [6.45, 7) is 0.662. The molecule has 0 bridgehead atoms. The molecule has 3 rings (SSSR count). The number of methoxy groups -OCH3 is 1. The van der Waals surface area contributed by atoms with Gasteiger partial charge in [-0.2, -0.15) is 0 Å². The molecule has 1 aliphatic rings. The summed E-state index contributed by atoms with van der Waals surface area (Å²) in [5.74, 6) is -0.478. The summed E-state index contributed by atoms with van der Waals surface area (Å²) in [7, 11) is 1.59. The molecular formula is C15H13NO4. The molecule has 0 aliphatic carbocycles. The Balaban J connectivity index is 2.24. The fourth-order valence-electron chi connectivity index (χ4n) is 2.53. The number of hydrogen-bond acceptors (Lipinski definition) is 3. The number of hydrogen-bond donors (Lipinski definition) is 1. The zero-order chi connectivity index (χ0) is 14.3. The van der Waals surface area contributed by atoms with Gasteiger partial charge in [0.25, 0.3) is 0 Å². The summed E-state index contributed by atoms with van der Waals surface area (Å²) in [5.41, 5.74) is 2.12. The summed E-state index contributed by atoms with van der Waals surface area (Å²) in [5, 5.41) is 9.01. The van der Waals surface area contributed by atoms with Gasteiger partial charge in [0.2, 0.25) is 0 Å². The highest BCUT2D eigenvalue weighted by Gasteiger charge is 2.19. The predicted molar refractivity (Wildman–Crippen MR) is 73.4 cm³/mol. The van der Waals surface area contributed by atoms with E-state index in [4.69, 9.17) is 9.84 Å². The summed E-state index contributed by atoms with van der Waals surface area (Å²) in [4.78, 5) is 22.9. The Morgan fingerprint density at radius 2 is 2.15 bits per heavy atom. The van der Waals surface area contributed by atoms with E-state index in [1.54, 1.807) is 7.11 Å². The van der Waals surface area contributed by atoms with Crippen LogP contribution in [-0.4, -0.2) is 22.8 Å². The van der Waals surface area contributed by atoms with E-state index >= 15 is 0 Å². The van der Waals surface area contributed by atoms with Gasteiger partial charge in [-0.25, -0.2) is 4.79 Å². The summed E-state index contributed by atoms with van der Waals surface area (Å²) < 4.78 is 7.02. The van der Waals surface area contributed by atoms with Crippen molar-refractivity contribution in [3.05, 3.63) is 51.8 Å². The third-order valence-corrected chi connectivity index (χ3v) is 3.57. The number of aromatic nitrogens is 1. The van der Waals surface area contributed by atoms with Crippen molar-refractivity contribution in [2.24, 2.45) is 0 Å². The lowest BCUT2D eigenvalue weighted by Crippen LogP contribution is -2.21. The molecule has 20 heavy (non-hydrogen) atoms. The zero-order valence-electron chi connectivity index (χ0n) is 10.9. The van der Waals surface area contributed by atoms with Crippen LogP contribution in [0.3, 0.4) is 0 Å². The van der Waals surface area contributed by atoms with Crippen molar-refractivity contribution in [2.45, 2.75) is 13.0 Å². The maximum Gasteiger partial charge on any atom is 0.341 e. The Morgan fingerprint density at radius 1 is 1.35 bits per heavy atom. The first-order valence-corrected chi connectivity index (χ1v) is 6.25. The first-order chi connectivity index (χ1) is 9.60. The molecule has 2 heterocycles. The van der Waals surface area contributed by atoms with E-state index in [-0.39, 0.29) is 5.56 Å². The van der Waals surface area contributed by atoms with Gasteiger partial charge in [-0.3, -0.25) is 4.79 Å². The Labute approximate surface area is 115 Å². The predicted octanol–water partition coefficient (Wildman–Crippen LogP) is 1.78. The number of aryl methyl sites for hydroxylation is 2. The normalized spacial score (nSPS) is 12.4. The number of carbonyl (C=O) groups is 1. The van der Waals surface area contributed by atoms with Crippen molar-refractivity contribution in [1.82, 2.24) is 4.57 Å². The Hall–Kier alpha value is -2.56. The first kappa shape index (κ1) is 12.5. The number of ether oxygens (including phenoxy) is 1. The number of rotatable bonds is 2. The van der Waals surface area contributed by atoms with Gasteiger partial charge in [0.1, 0.15) is 11.3 Å². The van der Waals surface area contributed by atoms with Gasteiger partial charge in [0.05, 0.1) is 12.8 Å². The second-order valence-electron chi connectivity index (χ2n) is 4.71. The number of nitrogens with zero attached hydrogens (tertiary/aromatic N) is 1. The molecule has 1 aromatic heterocycles. The third-order valence-electron chi connectivity index (χ3n) is 3.57. The van der Waals surface area contributed by atoms with Crippen molar-refractivity contribution in [3.63, 3.8) is 0 Å². The van der Waals surface area contributed by atoms with Crippen LogP contribution in [0.15, 0.2) is 35.3 Å². The lowest BCUT2D eigenvalue weighted by atomic mass is 9.96. The maximum atomic E-state index is 11.9. The number of pyridine rings is 1. The smallest absolute Gasteiger partial charge is 0.341 e. The van der Waals surface area contributed by atoms with Gasteiger partial charge in [-0.15, -0.1) is 0 Å².